The second-order valence-electron chi connectivity index (χ2n) is 20.2. The van der Waals surface area contributed by atoms with Crippen LogP contribution in [0.1, 0.15) is 80.4 Å². The first-order valence-corrected chi connectivity index (χ1v) is 27.8. The van der Waals surface area contributed by atoms with Gasteiger partial charge in [-0.3, -0.25) is 28.8 Å². The number of amides is 5. The summed E-state index contributed by atoms with van der Waals surface area (Å²) < 4.78 is 81.0. The Morgan fingerprint density at radius 3 is 2.11 bits per heavy atom. The number of β-amino-alcohol motifs (C(OH)–C–C–N with tert-alkyl or cyclic N) is 1. The summed E-state index contributed by atoms with van der Waals surface area (Å²) in [5.41, 5.74) is 6.43. The second kappa shape index (κ2) is 29.4. The molecular formula is C54H69F4IN8O11S. The summed E-state index contributed by atoms with van der Waals surface area (Å²) in [5.74, 6) is -8.25. The Hall–Kier alpha value is -5.39. The first kappa shape index (κ1) is 62.8. The van der Waals surface area contributed by atoms with E-state index in [1.807, 2.05) is 41.6 Å². The van der Waals surface area contributed by atoms with Crippen molar-refractivity contribution in [2.75, 3.05) is 91.0 Å². The molecule has 2 fully saturated rings. The van der Waals surface area contributed by atoms with E-state index in [1.54, 1.807) is 44.5 Å². The molecule has 3 aromatic carbocycles. The maximum absolute atomic E-state index is 14.9. The number of aryl methyl sites for hydroxylation is 1. The van der Waals surface area contributed by atoms with Crippen molar-refractivity contribution in [3.8, 4) is 10.4 Å². The van der Waals surface area contributed by atoms with Gasteiger partial charge in [0.15, 0.2) is 17.3 Å². The fourth-order valence-electron chi connectivity index (χ4n) is 8.92. The van der Waals surface area contributed by atoms with Crippen molar-refractivity contribution in [2.45, 2.75) is 89.1 Å². The van der Waals surface area contributed by atoms with E-state index in [-0.39, 0.29) is 76.5 Å². The summed E-state index contributed by atoms with van der Waals surface area (Å²) in [6.45, 7) is 10.3. The Balaban J connectivity index is 0.853. The average Bonchev–Trinajstić information content (AvgIpc) is 4.09. The van der Waals surface area contributed by atoms with Crippen molar-refractivity contribution in [1.29, 1.82) is 0 Å². The SMILES string of the molecule is Cc1ncsc1-c1ccc([C@H](CC(=O)NCCOCCOCCOCCOCCNCCCONC(=O)c2ccc(F)c(F)c2Nc2ccc(I)cc2F)C2(C(N)=O)CC(O)CN2C(=O)C(NC(=O)C2(F)CC2)C(C)(C)C)cc1. The number of rotatable bonds is 32. The van der Waals surface area contributed by atoms with E-state index < -0.39 is 87.4 Å². The number of anilines is 2. The molecule has 1 aliphatic carbocycles. The van der Waals surface area contributed by atoms with Crippen LogP contribution >= 0.6 is 33.9 Å². The van der Waals surface area contributed by atoms with Crippen molar-refractivity contribution in [1.82, 2.24) is 31.3 Å². The molecule has 4 aromatic rings. The zero-order valence-electron chi connectivity index (χ0n) is 44.5. The molecule has 1 aromatic heterocycles. The molecule has 4 atom stereocenters. The predicted octanol–water partition coefficient (Wildman–Crippen LogP) is 5.73. The number of thiazole rings is 1. The average molecular weight is 1240 g/mol. The Morgan fingerprint density at radius 1 is 0.873 bits per heavy atom. The molecule has 8 N–H and O–H groups in total. The van der Waals surface area contributed by atoms with Gasteiger partial charge in [0.05, 0.1) is 98.6 Å². The van der Waals surface area contributed by atoms with Gasteiger partial charge < -0.3 is 56.0 Å². The maximum Gasteiger partial charge on any atom is 0.277 e. The molecular weight excluding hydrogens is 1170 g/mol. The van der Waals surface area contributed by atoms with Crippen LogP contribution in [-0.4, -0.2) is 154 Å². The van der Waals surface area contributed by atoms with Gasteiger partial charge >= 0.3 is 0 Å². The largest absolute Gasteiger partial charge is 0.391 e. The van der Waals surface area contributed by atoms with Crippen LogP contribution in [0.4, 0.5) is 28.9 Å². The number of nitrogens with one attached hydrogen (secondary N) is 5. The number of ether oxygens (including phenoxy) is 4. The van der Waals surface area contributed by atoms with Crippen molar-refractivity contribution in [3.63, 3.8) is 0 Å². The van der Waals surface area contributed by atoms with Crippen LogP contribution in [0, 0.1) is 33.4 Å². The third-order valence-electron chi connectivity index (χ3n) is 13.3. The number of alkyl halides is 1. The molecule has 0 spiro atoms. The fourth-order valence-corrected chi connectivity index (χ4v) is 10.2. The number of carbonyl (C=O) groups excluding carboxylic acids is 5. The number of aliphatic hydroxyl groups is 1. The Bertz CT molecular complexity index is 2720. The van der Waals surface area contributed by atoms with E-state index in [2.05, 4.69) is 31.7 Å². The van der Waals surface area contributed by atoms with Gasteiger partial charge in [-0.2, -0.15) is 0 Å². The number of aliphatic hydroxyl groups excluding tert-OH is 1. The highest BCUT2D eigenvalue weighted by Crippen LogP contribution is 2.46. The van der Waals surface area contributed by atoms with E-state index in [9.17, 15) is 46.6 Å². The van der Waals surface area contributed by atoms with Gasteiger partial charge in [0.2, 0.25) is 17.7 Å². The van der Waals surface area contributed by atoms with Gasteiger partial charge in [-0.25, -0.2) is 28.0 Å². The molecule has 6 rings (SSSR count). The molecule has 2 heterocycles. The number of benzene rings is 3. The molecule has 432 valence electrons. The zero-order valence-corrected chi connectivity index (χ0v) is 47.5. The summed E-state index contributed by atoms with van der Waals surface area (Å²) >= 11 is 3.36. The van der Waals surface area contributed by atoms with Gasteiger partial charge in [-0.15, -0.1) is 11.3 Å². The van der Waals surface area contributed by atoms with Gasteiger partial charge in [0, 0.05) is 42.0 Å². The lowest BCUT2D eigenvalue weighted by Gasteiger charge is -2.44. The van der Waals surface area contributed by atoms with Crippen LogP contribution in [0.25, 0.3) is 10.4 Å². The third-order valence-corrected chi connectivity index (χ3v) is 14.9. The molecule has 1 saturated heterocycles. The summed E-state index contributed by atoms with van der Waals surface area (Å²) in [6.07, 6.45) is -1.27. The molecule has 79 heavy (non-hydrogen) atoms. The second-order valence-corrected chi connectivity index (χ2v) is 22.3. The van der Waals surface area contributed by atoms with Crippen LogP contribution < -0.4 is 32.5 Å². The number of primary amides is 1. The zero-order chi connectivity index (χ0) is 57.3. The predicted molar refractivity (Wildman–Crippen MR) is 294 cm³/mol. The third kappa shape index (κ3) is 17.3. The minimum absolute atomic E-state index is 0.0254. The molecule has 19 nitrogen and oxygen atoms in total. The van der Waals surface area contributed by atoms with Crippen LogP contribution in [-0.2, 0) is 43.0 Å². The van der Waals surface area contributed by atoms with Crippen molar-refractivity contribution in [3.05, 3.63) is 98.0 Å². The quantitative estimate of drug-likeness (QED) is 0.0134. The van der Waals surface area contributed by atoms with Gasteiger partial charge in [0.25, 0.3) is 11.8 Å². The topological polar surface area (TPSA) is 254 Å². The number of hydroxylamine groups is 1. The minimum atomic E-state index is -2.09. The Morgan fingerprint density at radius 2 is 1.52 bits per heavy atom. The number of nitrogens with zero attached hydrogens (tertiary/aromatic N) is 2. The molecule has 25 heteroatoms. The first-order chi connectivity index (χ1) is 37.7. The minimum Gasteiger partial charge on any atom is -0.391 e. The summed E-state index contributed by atoms with van der Waals surface area (Å²) in [4.78, 5) is 79.8. The summed E-state index contributed by atoms with van der Waals surface area (Å²) in [6, 6.07) is 11.9. The number of hydrogen-bond acceptors (Lipinski definition) is 15. The number of nitrogens with two attached hydrogens (primary N) is 1. The number of carbonyl (C=O) groups is 5. The van der Waals surface area contributed by atoms with E-state index in [0.29, 0.717) is 61.7 Å². The lowest BCUT2D eigenvalue weighted by molar-refractivity contribution is -0.151. The van der Waals surface area contributed by atoms with E-state index >= 15 is 0 Å². The molecule has 1 aliphatic heterocycles. The highest BCUT2D eigenvalue weighted by Gasteiger charge is 2.60. The molecule has 0 bridgehead atoms. The normalized spacial score (nSPS) is 17.5. The van der Waals surface area contributed by atoms with E-state index in [4.69, 9.17) is 29.5 Å². The first-order valence-electron chi connectivity index (χ1n) is 25.9. The number of hydrogen-bond donors (Lipinski definition) is 7. The Kier molecular flexibility index (Phi) is 23.3. The molecule has 0 radical (unpaired) electrons. The van der Waals surface area contributed by atoms with Gasteiger partial charge in [-0.1, -0.05) is 45.0 Å². The van der Waals surface area contributed by atoms with Crippen LogP contribution in [0.5, 0.6) is 0 Å². The van der Waals surface area contributed by atoms with Crippen LogP contribution in [0.3, 0.4) is 0 Å². The van der Waals surface area contributed by atoms with E-state index in [1.165, 1.54) is 28.4 Å². The monoisotopic (exact) mass is 1240 g/mol. The maximum atomic E-state index is 14.9. The number of aromatic nitrogens is 1. The molecule has 2 aliphatic rings. The highest BCUT2D eigenvalue weighted by molar-refractivity contribution is 14.1. The molecule has 5 amide bonds. The smallest absolute Gasteiger partial charge is 0.277 e. The lowest BCUT2D eigenvalue weighted by Crippen LogP contribution is -2.65. The Labute approximate surface area is 473 Å². The number of halogens is 5. The molecule has 3 unspecified atom stereocenters. The summed E-state index contributed by atoms with van der Waals surface area (Å²) in [5, 5.41) is 22.2. The van der Waals surface area contributed by atoms with Crippen LogP contribution in [0.2, 0.25) is 0 Å². The van der Waals surface area contributed by atoms with Crippen molar-refractivity contribution < 1.29 is 70.4 Å². The fraction of sp³-hybridized carbons (Fsp3) is 0.519. The van der Waals surface area contributed by atoms with Crippen molar-refractivity contribution >= 4 is 74.8 Å². The van der Waals surface area contributed by atoms with Crippen molar-refractivity contribution in [2.24, 2.45) is 11.1 Å². The number of likely N-dealkylation sites (tertiary alicyclic amines) is 1. The summed E-state index contributed by atoms with van der Waals surface area (Å²) in [7, 11) is 0. The standard InChI is InChI=1S/C54H69F4IN8O11S/c1-33-46(79-32-63-33)35-8-6-34(7-9-35)39(54(50(60)72)30-37(68)31-67(54)49(71)47(52(2,3)4)65-51(73)53(58)14-15-53)29-43(69)62-18-21-75-23-25-77-27-26-76-24-22-74-20-17-61-16-5-19-78-66-48(70)38-11-12-40(55)44(57)45(38)64-42-13-10-36(59)28-41(42)56/h6-13,28,32,37,39,47,61,64,68H,5,14-27,29-31H2,1-4H3,(H2,60,72)(H,62,69)(H,65,73)(H,66,70)/t37?,39-,47?,54?/m0/s1. The molecule has 1 saturated carbocycles. The van der Waals surface area contributed by atoms with Crippen LogP contribution in [0.15, 0.2) is 60.1 Å². The highest BCUT2D eigenvalue weighted by atomic mass is 127. The lowest BCUT2D eigenvalue weighted by atomic mass is 9.73. The van der Waals surface area contributed by atoms with E-state index in [0.717, 1.165) is 28.3 Å². The van der Waals surface area contributed by atoms with Gasteiger partial charge in [-0.05, 0) is 102 Å². The van der Waals surface area contributed by atoms with Gasteiger partial charge in [0.1, 0.15) is 17.4 Å².